The van der Waals surface area contributed by atoms with Gasteiger partial charge in [-0.1, -0.05) is 62.0 Å². The predicted molar refractivity (Wildman–Crippen MR) is 133 cm³/mol. The summed E-state index contributed by atoms with van der Waals surface area (Å²) >= 11 is 1.12. The van der Waals surface area contributed by atoms with Crippen molar-refractivity contribution in [3.8, 4) is 29.0 Å². The van der Waals surface area contributed by atoms with Gasteiger partial charge in [0, 0.05) is 12.1 Å². The van der Waals surface area contributed by atoms with Gasteiger partial charge in [0.25, 0.3) is 0 Å². The van der Waals surface area contributed by atoms with Gasteiger partial charge in [-0.2, -0.15) is 10.5 Å². The van der Waals surface area contributed by atoms with Gasteiger partial charge in [0.2, 0.25) is 5.91 Å². The largest absolute Gasteiger partial charge is 0.497 e. The number of nitrogens with zero attached hydrogens (tertiary/aromatic N) is 3. The first-order valence-corrected chi connectivity index (χ1v) is 11.6. The van der Waals surface area contributed by atoms with E-state index >= 15 is 0 Å². The Labute approximate surface area is 203 Å². The van der Waals surface area contributed by atoms with E-state index in [-0.39, 0.29) is 28.6 Å². The summed E-state index contributed by atoms with van der Waals surface area (Å²) in [6.45, 7) is 4.55. The van der Waals surface area contributed by atoms with Gasteiger partial charge in [0.05, 0.1) is 18.4 Å². The lowest BCUT2D eigenvalue weighted by atomic mass is 9.94. The van der Waals surface area contributed by atoms with Crippen LogP contribution in [0.4, 0.5) is 5.82 Å². The van der Waals surface area contributed by atoms with Crippen LogP contribution < -0.4 is 15.8 Å². The standard InChI is InChI=1S/C26H25N5O2S/c1-16(2)18-6-8-19(9-7-18)24-21(12-27)25(29)31-26(22(24)13-28)34-15-23(32)30-14-17-4-10-20(33-3)11-5-17/h4-11,16H,14-15H2,1-3H3,(H2,29,31)(H,30,32). The zero-order valence-electron chi connectivity index (χ0n) is 19.3. The SMILES string of the molecule is COc1ccc(CNC(=O)CSc2nc(N)c(C#N)c(-c3ccc(C(C)C)cc3)c2C#N)cc1. The number of pyridine rings is 1. The summed E-state index contributed by atoms with van der Waals surface area (Å²) in [6, 6.07) is 19.3. The van der Waals surface area contributed by atoms with Crippen LogP contribution in [0.15, 0.2) is 53.6 Å². The van der Waals surface area contributed by atoms with Crippen LogP contribution in [-0.4, -0.2) is 23.8 Å². The van der Waals surface area contributed by atoms with E-state index in [9.17, 15) is 15.3 Å². The summed E-state index contributed by atoms with van der Waals surface area (Å²) in [7, 11) is 1.60. The number of carbonyl (C=O) groups is 1. The number of nitrogen functional groups attached to an aromatic ring is 1. The van der Waals surface area contributed by atoms with Crippen LogP contribution in [0, 0.1) is 22.7 Å². The second-order valence-corrected chi connectivity index (χ2v) is 8.81. The smallest absolute Gasteiger partial charge is 0.230 e. The van der Waals surface area contributed by atoms with Crippen molar-refractivity contribution in [1.82, 2.24) is 10.3 Å². The van der Waals surface area contributed by atoms with Crippen LogP contribution in [0.25, 0.3) is 11.1 Å². The second kappa shape index (κ2) is 11.2. The van der Waals surface area contributed by atoms with Crippen molar-refractivity contribution < 1.29 is 9.53 Å². The van der Waals surface area contributed by atoms with E-state index in [0.717, 1.165) is 28.6 Å². The molecule has 0 atom stereocenters. The molecule has 3 aromatic rings. The third kappa shape index (κ3) is 5.67. The molecule has 1 aromatic heterocycles. The number of amides is 1. The van der Waals surface area contributed by atoms with Crippen LogP contribution in [0.1, 0.15) is 42.0 Å². The Kier molecular flexibility index (Phi) is 8.13. The Morgan fingerprint density at radius 3 is 2.29 bits per heavy atom. The molecule has 1 amide bonds. The summed E-state index contributed by atoms with van der Waals surface area (Å²) in [4.78, 5) is 16.7. The first kappa shape index (κ1) is 24.6. The summed E-state index contributed by atoms with van der Waals surface area (Å²) < 4.78 is 5.13. The lowest BCUT2D eigenvalue weighted by Crippen LogP contribution is -2.24. The van der Waals surface area contributed by atoms with Crippen molar-refractivity contribution in [1.29, 1.82) is 10.5 Å². The maximum atomic E-state index is 12.4. The molecule has 8 heteroatoms. The molecule has 7 nitrogen and oxygen atoms in total. The number of nitrogens with one attached hydrogen (secondary N) is 1. The van der Waals surface area contributed by atoms with Crippen LogP contribution in [0.3, 0.4) is 0 Å². The molecule has 34 heavy (non-hydrogen) atoms. The highest BCUT2D eigenvalue weighted by Gasteiger charge is 2.21. The Bertz CT molecular complexity index is 1260. The lowest BCUT2D eigenvalue weighted by Gasteiger charge is -2.14. The molecule has 0 aliphatic rings. The summed E-state index contributed by atoms with van der Waals surface area (Å²) in [5.41, 5.74) is 9.68. The second-order valence-electron chi connectivity index (χ2n) is 7.84. The zero-order valence-corrected chi connectivity index (χ0v) is 20.1. The first-order valence-electron chi connectivity index (χ1n) is 10.6. The van der Waals surface area contributed by atoms with Crippen molar-refractivity contribution in [2.24, 2.45) is 0 Å². The van der Waals surface area contributed by atoms with Crippen molar-refractivity contribution in [2.75, 3.05) is 18.6 Å². The summed E-state index contributed by atoms with van der Waals surface area (Å²) in [6.07, 6.45) is 0. The third-order valence-corrected chi connectivity index (χ3v) is 6.25. The minimum Gasteiger partial charge on any atom is -0.497 e. The van der Waals surface area contributed by atoms with Gasteiger partial charge in [-0.3, -0.25) is 4.79 Å². The van der Waals surface area contributed by atoms with Crippen LogP contribution >= 0.6 is 11.8 Å². The molecular formula is C26H25N5O2S. The van der Waals surface area contributed by atoms with E-state index < -0.39 is 0 Å². The molecule has 0 spiro atoms. The number of aromatic nitrogens is 1. The number of anilines is 1. The number of nitrogens with two attached hydrogens (primary N) is 1. The monoisotopic (exact) mass is 471 g/mol. The van der Waals surface area contributed by atoms with E-state index in [2.05, 4.69) is 36.3 Å². The van der Waals surface area contributed by atoms with E-state index in [1.807, 2.05) is 48.5 Å². The predicted octanol–water partition coefficient (Wildman–Crippen LogP) is 4.61. The Morgan fingerprint density at radius 2 is 1.74 bits per heavy atom. The number of rotatable bonds is 8. The Morgan fingerprint density at radius 1 is 1.09 bits per heavy atom. The Balaban J connectivity index is 1.81. The van der Waals surface area contributed by atoms with E-state index in [0.29, 0.717) is 28.6 Å². The number of hydrogen-bond donors (Lipinski definition) is 2. The summed E-state index contributed by atoms with van der Waals surface area (Å²) in [5, 5.41) is 22.8. The van der Waals surface area contributed by atoms with Crippen molar-refractivity contribution in [2.45, 2.75) is 31.3 Å². The number of hydrogen-bond acceptors (Lipinski definition) is 7. The molecular weight excluding hydrogens is 446 g/mol. The lowest BCUT2D eigenvalue weighted by molar-refractivity contribution is -0.118. The number of benzene rings is 2. The van der Waals surface area contributed by atoms with Crippen LogP contribution in [-0.2, 0) is 11.3 Å². The normalized spacial score (nSPS) is 10.4. The van der Waals surface area contributed by atoms with Gasteiger partial charge in [0.15, 0.2) is 0 Å². The fourth-order valence-corrected chi connectivity index (χ4v) is 4.18. The van der Waals surface area contributed by atoms with Crippen LogP contribution in [0.2, 0.25) is 0 Å². The number of methoxy groups -OCH3 is 1. The molecule has 0 bridgehead atoms. The quantitative estimate of drug-likeness (QED) is 0.459. The van der Waals surface area contributed by atoms with E-state index in [1.54, 1.807) is 7.11 Å². The fourth-order valence-electron chi connectivity index (χ4n) is 3.35. The van der Waals surface area contributed by atoms with Gasteiger partial charge in [-0.25, -0.2) is 4.98 Å². The van der Waals surface area contributed by atoms with Crippen molar-refractivity contribution in [3.63, 3.8) is 0 Å². The van der Waals surface area contributed by atoms with Crippen LogP contribution in [0.5, 0.6) is 5.75 Å². The van der Waals surface area contributed by atoms with Gasteiger partial charge >= 0.3 is 0 Å². The Hall–Kier alpha value is -4.01. The minimum atomic E-state index is -0.211. The zero-order chi connectivity index (χ0) is 24.7. The topological polar surface area (TPSA) is 125 Å². The molecule has 3 rings (SSSR count). The van der Waals surface area contributed by atoms with Gasteiger partial charge in [0.1, 0.15) is 34.3 Å². The molecule has 3 N–H and O–H groups in total. The molecule has 0 saturated carbocycles. The maximum Gasteiger partial charge on any atom is 0.230 e. The summed E-state index contributed by atoms with van der Waals surface area (Å²) in [5.74, 6) is 0.969. The van der Waals surface area contributed by atoms with Crippen molar-refractivity contribution >= 4 is 23.5 Å². The van der Waals surface area contributed by atoms with Gasteiger partial charge < -0.3 is 15.8 Å². The molecule has 0 unspecified atom stereocenters. The fraction of sp³-hybridized carbons (Fsp3) is 0.231. The highest BCUT2D eigenvalue weighted by molar-refractivity contribution is 8.00. The number of nitriles is 2. The molecule has 172 valence electrons. The average Bonchev–Trinajstić information content (AvgIpc) is 2.86. The molecule has 0 aliphatic carbocycles. The number of ether oxygens (including phenoxy) is 1. The molecule has 2 aromatic carbocycles. The van der Waals surface area contributed by atoms with E-state index in [4.69, 9.17) is 10.5 Å². The molecule has 0 fully saturated rings. The molecule has 0 saturated heterocycles. The minimum absolute atomic E-state index is 0.0329. The maximum absolute atomic E-state index is 12.4. The highest BCUT2D eigenvalue weighted by Crippen LogP contribution is 2.36. The van der Waals surface area contributed by atoms with E-state index in [1.165, 1.54) is 0 Å². The average molecular weight is 472 g/mol. The number of carbonyl (C=O) groups excluding carboxylic acids is 1. The van der Waals surface area contributed by atoms with Gasteiger partial charge in [-0.05, 0) is 34.7 Å². The third-order valence-electron chi connectivity index (χ3n) is 5.27. The van der Waals surface area contributed by atoms with Crippen molar-refractivity contribution in [3.05, 3.63) is 70.8 Å². The highest BCUT2D eigenvalue weighted by atomic mass is 32.2. The molecule has 0 radical (unpaired) electrons. The number of thioether (sulfide) groups is 1. The molecule has 0 aliphatic heterocycles. The molecule has 1 heterocycles. The first-order chi connectivity index (χ1) is 16.4. The van der Waals surface area contributed by atoms with Gasteiger partial charge in [-0.15, -0.1) is 0 Å².